The summed E-state index contributed by atoms with van der Waals surface area (Å²) in [6.07, 6.45) is 31.9. The van der Waals surface area contributed by atoms with Crippen molar-refractivity contribution in [3.05, 3.63) is 0 Å². The van der Waals surface area contributed by atoms with Crippen molar-refractivity contribution < 1.29 is 0 Å². The third-order valence-corrected chi connectivity index (χ3v) is 9.11. The van der Waals surface area contributed by atoms with Gasteiger partial charge in [-0.25, -0.2) is 0 Å². The molecule has 0 radical (unpaired) electrons. The van der Waals surface area contributed by atoms with Gasteiger partial charge in [-0.05, 0) is 60.2 Å². The second kappa shape index (κ2) is 22.7. The predicted octanol–water partition coefficient (Wildman–Crippen LogP) is 14.2. The van der Waals surface area contributed by atoms with Gasteiger partial charge < -0.3 is 0 Å². The maximum atomic E-state index is 2.59. The Labute approximate surface area is 244 Å². The Balaban J connectivity index is 4.90. The van der Waals surface area contributed by atoms with Crippen LogP contribution in [-0.2, 0) is 0 Å². The van der Waals surface area contributed by atoms with Crippen molar-refractivity contribution in [2.75, 3.05) is 0 Å². The Hall–Kier alpha value is 0. The molecule has 0 N–H and O–H groups in total. The average Bonchev–Trinajstić information content (AvgIpc) is 2.79. The van der Waals surface area contributed by atoms with Crippen LogP contribution in [0.3, 0.4) is 0 Å². The molecule has 0 aliphatic heterocycles. The molecule has 0 saturated heterocycles. The monoisotopic (exact) mass is 535 g/mol. The van der Waals surface area contributed by atoms with Crippen LogP contribution in [0, 0.1) is 34.5 Å². The summed E-state index contributed by atoms with van der Waals surface area (Å²) < 4.78 is 0. The van der Waals surface area contributed by atoms with E-state index in [9.17, 15) is 0 Å². The molecule has 0 aliphatic carbocycles. The molecule has 0 heteroatoms. The summed E-state index contributed by atoms with van der Waals surface area (Å²) in [5.41, 5.74) is 0.911. The van der Waals surface area contributed by atoms with Crippen molar-refractivity contribution in [1.82, 2.24) is 0 Å². The van der Waals surface area contributed by atoms with E-state index in [0.29, 0.717) is 10.8 Å². The molecule has 4 unspecified atom stereocenters. The van der Waals surface area contributed by atoms with Crippen LogP contribution in [0.5, 0.6) is 0 Å². The zero-order chi connectivity index (χ0) is 28.9. The second-order valence-electron chi connectivity index (χ2n) is 16.2. The van der Waals surface area contributed by atoms with Crippen LogP contribution in [0.15, 0.2) is 0 Å². The molecule has 0 aromatic carbocycles. The van der Waals surface area contributed by atoms with Crippen LogP contribution in [0.4, 0.5) is 0 Å². The largest absolute Gasteiger partial charge is 0.0654 e. The van der Waals surface area contributed by atoms with Crippen LogP contribution >= 0.6 is 0 Å². The minimum atomic E-state index is 0.448. The fourth-order valence-electron chi connectivity index (χ4n) is 7.16. The molecule has 0 aromatic heterocycles. The molecule has 230 valence electrons. The van der Waals surface area contributed by atoms with Gasteiger partial charge in [0.05, 0.1) is 0 Å². The SMILES string of the molecule is CCCCCCCCCCC(CCCCCCCC)CCC(CCC(C)CC(C)(C)C)C(C)CC(C)(C)C. The highest BCUT2D eigenvalue weighted by atomic mass is 14.3. The van der Waals surface area contributed by atoms with Crippen LogP contribution in [0.2, 0.25) is 0 Å². The van der Waals surface area contributed by atoms with E-state index in [-0.39, 0.29) is 0 Å². The highest BCUT2D eigenvalue weighted by molar-refractivity contribution is 4.76. The number of rotatable bonds is 25. The smallest absolute Gasteiger partial charge is 0.0380 e. The molecule has 0 bridgehead atoms. The topological polar surface area (TPSA) is 0 Å². The molecule has 0 aromatic rings. The molecular formula is C38H78. The average molecular weight is 535 g/mol. The fraction of sp³-hybridized carbons (Fsp3) is 1.00. The lowest BCUT2D eigenvalue weighted by molar-refractivity contribution is 0.190. The molecule has 0 amide bonds. The first-order valence-electron chi connectivity index (χ1n) is 17.9. The van der Waals surface area contributed by atoms with Gasteiger partial charge in [0.2, 0.25) is 0 Å². The molecule has 4 atom stereocenters. The number of hydrogen-bond donors (Lipinski definition) is 0. The van der Waals surface area contributed by atoms with Crippen molar-refractivity contribution in [1.29, 1.82) is 0 Å². The van der Waals surface area contributed by atoms with Crippen molar-refractivity contribution in [2.24, 2.45) is 34.5 Å². The van der Waals surface area contributed by atoms with Gasteiger partial charge in [0, 0.05) is 0 Å². The molecule has 38 heavy (non-hydrogen) atoms. The molecule has 0 fully saturated rings. The molecule has 0 nitrogen and oxygen atoms in total. The van der Waals surface area contributed by atoms with Gasteiger partial charge in [0.25, 0.3) is 0 Å². The Bertz CT molecular complexity index is 489. The van der Waals surface area contributed by atoms with Crippen molar-refractivity contribution in [3.8, 4) is 0 Å². The summed E-state index contributed by atoms with van der Waals surface area (Å²) in [7, 11) is 0. The van der Waals surface area contributed by atoms with Crippen LogP contribution in [0.1, 0.15) is 210 Å². The van der Waals surface area contributed by atoms with Gasteiger partial charge in [-0.3, -0.25) is 0 Å². The van der Waals surface area contributed by atoms with E-state index in [0.717, 1.165) is 23.7 Å². The summed E-state index contributed by atoms with van der Waals surface area (Å²) in [4.78, 5) is 0. The Morgan fingerprint density at radius 2 is 0.816 bits per heavy atom. The van der Waals surface area contributed by atoms with Crippen molar-refractivity contribution in [3.63, 3.8) is 0 Å². The number of hydrogen-bond acceptors (Lipinski definition) is 0. The summed E-state index contributed by atoms with van der Waals surface area (Å²) in [5.74, 6) is 3.62. The number of unbranched alkanes of at least 4 members (excludes halogenated alkanes) is 12. The van der Waals surface area contributed by atoms with Gasteiger partial charge >= 0.3 is 0 Å². The van der Waals surface area contributed by atoms with Crippen LogP contribution in [-0.4, -0.2) is 0 Å². The lowest BCUT2D eigenvalue weighted by atomic mass is 9.73. The van der Waals surface area contributed by atoms with Crippen LogP contribution in [0.25, 0.3) is 0 Å². The van der Waals surface area contributed by atoms with Gasteiger partial charge in [-0.2, -0.15) is 0 Å². The quantitative estimate of drug-likeness (QED) is 0.102. The molecule has 0 saturated carbocycles. The van der Waals surface area contributed by atoms with Gasteiger partial charge in [0.15, 0.2) is 0 Å². The van der Waals surface area contributed by atoms with E-state index in [2.05, 4.69) is 69.2 Å². The molecule has 0 spiro atoms. The minimum Gasteiger partial charge on any atom is -0.0654 e. The third kappa shape index (κ3) is 25.0. The Kier molecular flexibility index (Phi) is 22.7. The third-order valence-electron chi connectivity index (χ3n) is 9.11. The molecular weight excluding hydrogens is 456 g/mol. The maximum absolute atomic E-state index is 2.59. The summed E-state index contributed by atoms with van der Waals surface area (Å²) in [6.45, 7) is 24.4. The standard InChI is InChI=1S/C38H78/c1-11-13-15-17-19-20-22-24-26-35(25-23-21-18-16-14-12-2)28-30-36(34(4)32-38(8,9)10)29-27-33(3)31-37(5,6)7/h33-36H,11-32H2,1-10H3. The lowest BCUT2D eigenvalue weighted by Gasteiger charge is -2.32. The Morgan fingerprint density at radius 3 is 1.24 bits per heavy atom. The summed E-state index contributed by atoms with van der Waals surface area (Å²) >= 11 is 0. The molecule has 0 rings (SSSR count). The second-order valence-corrected chi connectivity index (χ2v) is 16.2. The minimum absolute atomic E-state index is 0.448. The van der Waals surface area contributed by atoms with Crippen molar-refractivity contribution >= 4 is 0 Å². The lowest BCUT2D eigenvalue weighted by Crippen LogP contribution is -2.21. The normalized spacial score (nSPS) is 15.9. The highest BCUT2D eigenvalue weighted by Crippen LogP contribution is 2.37. The van der Waals surface area contributed by atoms with E-state index >= 15 is 0 Å². The van der Waals surface area contributed by atoms with Gasteiger partial charge in [-0.1, -0.05) is 185 Å². The van der Waals surface area contributed by atoms with E-state index in [1.54, 1.807) is 0 Å². The zero-order valence-corrected chi connectivity index (χ0v) is 28.9. The first-order valence-corrected chi connectivity index (χ1v) is 17.9. The maximum Gasteiger partial charge on any atom is -0.0380 e. The zero-order valence-electron chi connectivity index (χ0n) is 28.9. The first kappa shape index (κ1) is 38.0. The summed E-state index contributed by atoms with van der Waals surface area (Å²) in [5, 5.41) is 0. The van der Waals surface area contributed by atoms with Gasteiger partial charge in [-0.15, -0.1) is 0 Å². The van der Waals surface area contributed by atoms with Gasteiger partial charge in [0.1, 0.15) is 0 Å². The summed E-state index contributed by atoms with van der Waals surface area (Å²) in [6, 6.07) is 0. The predicted molar refractivity (Wildman–Crippen MR) is 177 cm³/mol. The first-order chi connectivity index (χ1) is 17.9. The van der Waals surface area contributed by atoms with Crippen molar-refractivity contribution in [2.45, 2.75) is 210 Å². The molecule has 0 aliphatic rings. The molecule has 0 heterocycles. The fourth-order valence-corrected chi connectivity index (χ4v) is 7.16. The van der Waals surface area contributed by atoms with E-state index < -0.39 is 0 Å². The van der Waals surface area contributed by atoms with E-state index in [1.165, 1.54) is 141 Å². The van der Waals surface area contributed by atoms with Crippen LogP contribution < -0.4 is 0 Å². The van der Waals surface area contributed by atoms with E-state index in [1.807, 2.05) is 0 Å². The Morgan fingerprint density at radius 1 is 0.421 bits per heavy atom. The van der Waals surface area contributed by atoms with E-state index in [4.69, 9.17) is 0 Å². The highest BCUT2D eigenvalue weighted by Gasteiger charge is 2.25.